The molecule has 1 amide bonds. The number of anilines is 1. The second-order valence-corrected chi connectivity index (χ2v) is 9.61. The van der Waals surface area contributed by atoms with Gasteiger partial charge < -0.3 is 10.1 Å². The van der Waals surface area contributed by atoms with Crippen LogP contribution in [0.4, 0.5) is 5.69 Å². The number of hydrogen-bond acceptors (Lipinski definition) is 5. The van der Waals surface area contributed by atoms with Crippen molar-refractivity contribution in [2.75, 3.05) is 25.0 Å². The monoisotopic (exact) mass is 464 g/mol. The number of hydrogen-bond donors (Lipinski definition) is 1. The first-order chi connectivity index (χ1) is 15.9. The molecule has 170 valence electrons. The normalized spacial score (nSPS) is 14.1. The summed E-state index contributed by atoms with van der Waals surface area (Å²) < 4.78 is 32.1. The van der Waals surface area contributed by atoms with E-state index in [0.717, 1.165) is 18.4 Å². The number of carbonyl (C=O) groups is 2. The maximum Gasteiger partial charge on any atom is 0.339 e. The van der Waals surface area contributed by atoms with Crippen LogP contribution in [0.2, 0.25) is 0 Å². The zero-order valence-electron chi connectivity index (χ0n) is 17.9. The third-order valence-corrected chi connectivity index (χ3v) is 7.28. The van der Waals surface area contributed by atoms with E-state index in [2.05, 4.69) is 5.32 Å². The maximum absolute atomic E-state index is 12.7. The van der Waals surface area contributed by atoms with Crippen LogP contribution in [0.5, 0.6) is 0 Å². The van der Waals surface area contributed by atoms with E-state index in [1.165, 1.54) is 16.4 Å². The van der Waals surface area contributed by atoms with Gasteiger partial charge in [0.1, 0.15) is 0 Å². The van der Waals surface area contributed by atoms with Crippen LogP contribution in [0.25, 0.3) is 11.1 Å². The molecule has 1 aliphatic heterocycles. The van der Waals surface area contributed by atoms with E-state index >= 15 is 0 Å². The highest BCUT2D eigenvalue weighted by Crippen LogP contribution is 2.25. The zero-order chi connectivity index (χ0) is 23.3. The topological polar surface area (TPSA) is 92.8 Å². The van der Waals surface area contributed by atoms with E-state index < -0.39 is 28.5 Å². The lowest BCUT2D eigenvalue weighted by atomic mass is 10.00. The first-order valence-corrected chi connectivity index (χ1v) is 12.1. The molecule has 8 heteroatoms. The fourth-order valence-electron chi connectivity index (χ4n) is 3.75. The third-order valence-electron chi connectivity index (χ3n) is 5.39. The minimum atomic E-state index is -3.59. The van der Waals surface area contributed by atoms with Gasteiger partial charge in [-0.05, 0) is 48.2 Å². The Kier molecular flexibility index (Phi) is 6.86. The van der Waals surface area contributed by atoms with Gasteiger partial charge in [-0.25, -0.2) is 13.2 Å². The highest BCUT2D eigenvalue weighted by Gasteiger charge is 2.27. The van der Waals surface area contributed by atoms with Crippen LogP contribution in [0, 0.1) is 0 Å². The molecule has 1 saturated heterocycles. The smallest absolute Gasteiger partial charge is 0.339 e. The second kappa shape index (κ2) is 9.97. The largest absolute Gasteiger partial charge is 0.452 e. The molecule has 1 N–H and O–H groups in total. The average Bonchev–Trinajstić information content (AvgIpc) is 3.39. The predicted molar refractivity (Wildman–Crippen MR) is 125 cm³/mol. The molecule has 0 atom stereocenters. The Balaban J connectivity index is 1.40. The number of nitrogens with one attached hydrogen (secondary N) is 1. The van der Waals surface area contributed by atoms with E-state index in [-0.39, 0.29) is 4.90 Å². The molecule has 1 heterocycles. The summed E-state index contributed by atoms with van der Waals surface area (Å²) >= 11 is 0. The Labute approximate surface area is 193 Å². The van der Waals surface area contributed by atoms with Crippen molar-refractivity contribution in [3.05, 3.63) is 84.4 Å². The fourth-order valence-corrected chi connectivity index (χ4v) is 5.31. The molecule has 0 aliphatic carbocycles. The van der Waals surface area contributed by atoms with Crippen LogP contribution in [0.3, 0.4) is 0 Å². The molecule has 0 spiro atoms. The Hall–Kier alpha value is -3.49. The van der Waals surface area contributed by atoms with Gasteiger partial charge in [-0.1, -0.05) is 54.6 Å². The van der Waals surface area contributed by atoms with Crippen LogP contribution < -0.4 is 5.32 Å². The molecule has 7 nitrogen and oxygen atoms in total. The summed E-state index contributed by atoms with van der Waals surface area (Å²) in [6.07, 6.45) is 1.68. The molecule has 0 saturated carbocycles. The highest BCUT2D eigenvalue weighted by atomic mass is 32.2. The number of amides is 1. The van der Waals surface area contributed by atoms with Gasteiger partial charge in [-0.3, -0.25) is 4.79 Å². The molecule has 0 aromatic heterocycles. The molecule has 1 fully saturated rings. The molecule has 0 unspecified atom stereocenters. The Morgan fingerprint density at radius 2 is 1.58 bits per heavy atom. The first-order valence-electron chi connectivity index (χ1n) is 10.7. The second-order valence-electron chi connectivity index (χ2n) is 7.67. The summed E-state index contributed by atoms with van der Waals surface area (Å²) in [6, 6.07) is 22.5. The van der Waals surface area contributed by atoms with Crippen molar-refractivity contribution in [3.63, 3.8) is 0 Å². The van der Waals surface area contributed by atoms with Crippen LogP contribution in [-0.4, -0.2) is 44.3 Å². The van der Waals surface area contributed by atoms with Crippen molar-refractivity contribution in [2.45, 2.75) is 17.7 Å². The SMILES string of the molecule is O=C(COC(=O)c1ccccc1-c1ccccc1)Nc1cccc(S(=O)(=O)N2CCCC2)c1. The summed E-state index contributed by atoms with van der Waals surface area (Å²) in [5.74, 6) is -1.17. The maximum atomic E-state index is 12.7. The number of nitrogens with zero attached hydrogens (tertiary/aromatic N) is 1. The van der Waals surface area contributed by atoms with Crippen LogP contribution >= 0.6 is 0 Å². The van der Waals surface area contributed by atoms with Crippen molar-refractivity contribution in [2.24, 2.45) is 0 Å². The van der Waals surface area contributed by atoms with Crippen molar-refractivity contribution in [1.29, 1.82) is 0 Å². The summed E-state index contributed by atoms with van der Waals surface area (Å²) in [6.45, 7) is 0.504. The summed E-state index contributed by atoms with van der Waals surface area (Å²) in [7, 11) is -3.59. The van der Waals surface area contributed by atoms with Crippen LogP contribution in [-0.2, 0) is 19.6 Å². The van der Waals surface area contributed by atoms with E-state index in [1.807, 2.05) is 42.5 Å². The van der Waals surface area contributed by atoms with Crippen molar-refractivity contribution >= 4 is 27.6 Å². The third kappa shape index (κ3) is 5.30. The number of ether oxygens (including phenoxy) is 1. The van der Waals surface area contributed by atoms with E-state index in [4.69, 9.17) is 4.74 Å². The van der Waals surface area contributed by atoms with E-state index in [1.54, 1.807) is 24.3 Å². The fraction of sp³-hybridized carbons (Fsp3) is 0.200. The predicted octanol–water partition coefficient (Wildman–Crippen LogP) is 3.93. The Morgan fingerprint density at radius 1 is 0.879 bits per heavy atom. The van der Waals surface area contributed by atoms with Gasteiger partial charge in [0.15, 0.2) is 6.61 Å². The lowest BCUT2D eigenvalue weighted by Crippen LogP contribution is -2.28. The lowest BCUT2D eigenvalue weighted by Gasteiger charge is -2.16. The number of rotatable bonds is 7. The van der Waals surface area contributed by atoms with Crippen molar-refractivity contribution in [1.82, 2.24) is 4.31 Å². The molecule has 1 aliphatic rings. The summed E-state index contributed by atoms with van der Waals surface area (Å²) in [4.78, 5) is 25.1. The van der Waals surface area contributed by atoms with Gasteiger partial charge in [-0.2, -0.15) is 4.31 Å². The quantitative estimate of drug-likeness (QED) is 0.535. The van der Waals surface area contributed by atoms with Gasteiger partial charge in [-0.15, -0.1) is 0 Å². The van der Waals surface area contributed by atoms with Gasteiger partial charge >= 0.3 is 5.97 Å². The number of sulfonamides is 1. The first kappa shape index (κ1) is 22.7. The minimum Gasteiger partial charge on any atom is -0.452 e. The lowest BCUT2D eigenvalue weighted by molar-refractivity contribution is -0.119. The molecule has 3 aromatic rings. The molecule has 4 rings (SSSR count). The standard InChI is InChI=1S/C25H24N2O5S/c28-24(26-20-11-8-12-21(17-20)33(30,31)27-15-6-7-16-27)18-32-25(29)23-14-5-4-13-22(23)19-9-2-1-3-10-19/h1-5,8-14,17H,6-7,15-16,18H2,(H,26,28). The Bertz CT molecular complexity index is 1250. The Morgan fingerprint density at radius 3 is 2.33 bits per heavy atom. The summed E-state index contributed by atoms with van der Waals surface area (Å²) in [5, 5.41) is 2.60. The molecule has 3 aromatic carbocycles. The average molecular weight is 465 g/mol. The highest BCUT2D eigenvalue weighted by molar-refractivity contribution is 7.89. The molecule has 33 heavy (non-hydrogen) atoms. The van der Waals surface area contributed by atoms with Gasteiger partial charge in [0.2, 0.25) is 10.0 Å². The van der Waals surface area contributed by atoms with E-state index in [9.17, 15) is 18.0 Å². The van der Waals surface area contributed by atoms with Gasteiger partial charge in [0.05, 0.1) is 10.5 Å². The van der Waals surface area contributed by atoms with Gasteiger partial charge in [0.25, 0.3) is 5.91 Å². The van der Waals surface area contributed by atoms with Crippen LogP contribution in [0.1, 0.15) is 23.2 Å². The minimum absolute atomic E-state index is 0.121. The van der Waals surface area contributed by atoms with Crippen LogP contribution in [0.15, 0.2) is 83.8 Å². The zero-order valence-corrected chi connectivity index (χ0v) is 18.8. The molecule has 0 bridgehead atoms. The number of carbonyl (C=O) groups excluding carboxylic acids is 2. The molecular weight excluding hydrogens is 440 g/mol. The van der Waals surface area contributed by atoms with Gasteiger partial charge in [0, 0.05) is 18.8 Å². The number of esters is 1. The number of benzene rings is 3. The molecular formula is C25H24N2O5S. The van der Waals surface area contributed by atoms with E-state index in [0.29, 0.717) is 29.9 Å². The van der Waals surface area contributed by atoms with Crippen molar-refractivity contribution < 1.29 is 22.7 Å². The summed E-state index contributed by atoms with van der Waals surface area (Å²) in [5.41, 5.74) is 2.25. The van der Waals surface area contributed by atoms with Crippen molar-refractivity contribution in [3.8, 4) is 11.1 Å². The molecule has 0 radical (unpaired) electrons.